The molecule has 148 valence electrons. The number of hydrogen-bond donors (Lipinski definition) is 2. The number of nitrogens with one attached hydrogen (secondary N) is 2. The molecule has 2 aromatic carbocycles. The summed E-state index contributed by atoms with van der Waals surface area (Å²) in [6, 6.07) is 17.4. The molecule has 0 fully saturated rings. The van der Waals surface area contributed by atoms with Crippen LogP contribution in [0.1, 0.15) is 26.4 Å². The number of anilines is 1. The number of benzene rings is 2. The van der Waals surface area contributed by atoms with Crippen molar-refractivity contribution >= 4 is 17.5 Å². The van der Waals surface area contributed by atoms with Crippen LogP contribution in [0.15, 0.2) is 66.9 Å². The maximum atomic E-state index is 12.5. The molecule has 7 heteroatoms. The number of methoxy groups -OCH3 is 2. The lowest BCUT2D eigenvalue weighted by Gasteiger charge is -2.09. The van der Waals surface area contributed by atoms with Gasteiger partial charge in [-0.15, -0.1) is 0 Å². The van der Waals surface area contributed by atoms with Crippen molar-refractivity contribution in [3.8, 4) is 11.5 Å². The molecule has 0 radical (unpaired) electrons. The summed E-state index contributed by atoms with van der Waals surface area (Å²) >= 11 is 0. The average molecular weight is 391 g/mol. The summed E-state index contributed by atoms with van der Waals surface area (Å²) in [5.74, 6) is 0.671. The number of pyridine rings is 1. The Balaban J connectivity index is 1.64. The molecule has 0 unspecified atom stereocenters. The quantitative estimate of drug-likeness (QED) is 0.645. The molecule has 0 spiro atoms. The highest BCUT2D eigenvalue weighted by Crippen LogP contribution is 2.17. The van der Waals surface area contributed by atoms with E-state index in [9.17, 15) is 9.59 Å². The second kappa shape index (κ2) is 9.36. The lowest BCUT2D eigenvalue weighted by Crippen LogP contribution is -2.23. The van der Waals surface area contributed by atoms with Crippen LogP contribution >= 0.6 is 0 Å². The number of rotatable bonds is 7. The largest absolute Gasteiger partial charge is 0.497 e. The van der Waals surface area contributed by atoms with Crippen LogP contribution in [0.2, 0.25) is 0 Å². The van der Waals surface area contributed by atoms with Gasteiger partial charge in [0.05, 0.1) is 14.2 Å². The lowest BCUT2D eigenvalue weighted by atomic mass is 10.2. The van der Waals surface area contributed by atoms with Gasteiger partial charge >= 0.3 is 0 Å². The van der Waals surface area contributed by atoms with Gasteiger partial charge in [0.2, 0.25) is 0 Å². The normalized spacial score (nSPS) is 10.1. The van der Waals surface area contributed by atoms with Crippen molar-refractivity contribution in [2.75, 3.05) is 19.5 Å². The van der Waals surface area contributed by atoms with Crippen LogP contribution in [-0.2, 0) is 6.54 Å². The van der Waals surface area contributed by atoms with E-state index in [2.05, 4.69) is 15.6 Å². The first-order valence-corrected chi connectivity index (χ1v) is 8.91. The maximum absolute atomic E-state index is 12.5. The smallest absolute Gasteiger partial charge is 0.274 e. The minimum atomic E-state index is -0.414. The van der Waals surface area contributed by atoms with Crippen molar-refractivity contribution in [1.82, 2.24) is 10.3 Å². The van der Waals surface area contributed by atoms with E-state index < -0.39 is 5.91 Å². The number of ether oxygens (including phenoxy) is 2. The fraction of sp³-hybridized carbons (Fsp3) is 0.136. The van der Waals surface area contributed by atoms with Gasteiger partial charge in [0.15, 0.2) is 0 Å². The van der Waals surface area contributed by atoms with Gasteiger partial charge in [0.25, 0.3) is 11.8 Å². The van der Waals surface area contributed by atoms with Gasteiger partial charge in [0, 0.05) is 30.1 Å². The summed E-state index contributed by atoms with van der Waals surface area (Å²) in [6.07, 6.45) is 1.43. The van der Waals surface area contributed by atoms with Crippen LogP contribution in [0.5, 0.6) is 11.5 Å². The predicted octanol–water partition coefficient (Wildman–Crippen LogP) is 3.28. The van der Waals surface area contributed by atoms with Gasteiger partial charge in [-0.3, -0.25) is 14.6 Å². The van der Waals surface area contributed by atoms with Crippen LogP contribution in [-0.4, -0.2) is 31.0 Å². The van der Waals surface area contributed by atoms with E-state index in [0.29, 0.717) is 23.5 Å². The Bertz CT molecular complexity index is 1000. The summed E-state index contributed by atoms with van der Waals surface area (Å²) in [4.78, 5) is 29.0. The van der Waals surface area contributed by atoms with Gasteiger partial charge in [0.1, 0.15) is 17.2 Å². The molecule has 2 amide bonds. The van der Waals surface area contributed by atoms with Crippen LogP contribution in [0, 0.1) is 0 Å². The maximum Gasteiger partial charge on any atom is 0.274 e. The Morgan fingerprint density at radius 2 is 1.66 bits per heavy atom. The molecule has 1 aromatic heterocycles. The van der Waals surface area contributed by atoms with Crippen LogP contribution in [0.25, 0.3) is 0 Å². The average Bonchev–Trinajstić information content (AvgIpc) is 2.78. The molecule has 3 rings (SSSR count). The minimum Gasteiger partial charge on any atom is -0.497 e. The first-order chi connectivity index (χ1) is 14.1. The van der Waals surface area contributed by atoms with E-state index in [4.69, 9.17) is 9.47 Å². The summed E-state index contributed by atoms with van der Waals surface area (Å²) < 4.78 is 10.3. The molecule has 2 N–H and O–H groups in total. The third-order valence-corrected chi connectivity index (χ3v) is 4.19. The monoisotopic (exact) mass is 391 g/mol. The molecule has 1 heterocycles. The summed E-state index contributed by atoms with van der Waals surface area (Å²) in [5, 5.41) is 5.57. The molecule has 29 heavy (non-hydrogen) atoms. The van der Waals surface area contributed by atoms with E-state index in [1.165, 1.54) is 12.3 Å². The highest BCUT2D eigenvalue weighted by Gasteiger charge is 2.12. The molecular weight excluding hydrogens is 370 g/mol. The number of carbonyl (C=O) groups is 2. The van der Waals surface area contributed by atoms with Crippen molar-refractivity contribution in [2.24, 2.45) is 0 Å². The SMILES string of the molecule is COc1ccc(CNC(=O)c2ccnc(C(=O)Nc3cccc(OC)c3)c2)cc1. The van der Waals surface area contributed by atoms with Gasteiger partial charge in [-0.1, -0.05) is 18.2 Å². The zero-order valence-electron chi connectivity index (χ0n) is 16.1. The van der Waals surface area contributed by atoms with Crippen LogP contribution < -0.4 is 20.1 Å². The third kappa shape index (κ3) is 5.32. The molecule has 0 atom stereocenters. The van der Waals surface area contributed by atoms with Crippen LogP contribution in [0.3, 0.4) is 0 Å². The van der Waals surface area contributed by atoms with Crippen molar-refractivity contribution in [2.45, 2.75) is 6.54 Å². The molecule has 0 saturated heterocycles. The topological polar surface area (TPSA) is 89.5 Å². The molecule has 0 aliphatic heterocycles. The number of carbonyl (C=O) groups excluding carboxylic acids is 2. The van der Waals surface area contributed by atoms with Gasteiger partial charge in [-0.05, 0) is 42.0 Å². The number of nitrogens with zero attached hydrogens (tertiary/aromatic N) is 1. The zero-order valence-corrected chi connectivity index (χ0v) is 16.1. The summed E-state index contributed by atoms with van der Waals surface area (Å²) in [6.45, 7) is 0.358. The minimum absolute atomic E-state index is 0.143. The number of aromatic nitrogens is 1. The zero-order chi connectivity index (χ0) is 20.6. The second-order valence-corrected chi connectivity index (χ2v) is 6.15. The lowest BCUT2D eigenvalue weighted by molar-refractivity contribution is 0.0951. The molecule has 0 aliphatic carbocycles. The summed E-state index contributed by atoms with van der Waals surface area (Å²) in [5.41, 5.74) is 2.00. The van der Waals surface area contributed by atoms with E-state index in [-0.39, 0.29) is 11.6 Å². The number of hydrogen-bond acceptors (Lipinski definition) is 5. The van der Waals surface area contributed by atoms with Gasteiger partial charge < -0.3 is 20.1 Å². The Hall–Kier alpha value is -3.87. The fourth-order valence-electron chi connectivity index (χ4n) is 2.62. The van der Waals surface area contributed by atoms with Crippen molar-refractivity contribution in [3.63, 3.8) is 0 Å². The highest BCUT2D eigenvalue weighted by atomic mass is 16.5. The Kier molecular flexibility index (Phi) is 6.42. The first-order valence-electron chi connectivity index (χ1n) is 8.91. The second-order valence-electron chi connectivity index (χ2n) is 6.15. The third-order valence-electron chi connectivity index (χ3n) is 4.19. The van der Waals surface area contributed by atoms with Crippen LogP contribution in [0.4, 0.5) is 5.69 Å². The number of amides is 2. The van der Waals surface area contributed by atoms with E-state index in [1.54, 1.807) is 44.6 Å². The molecular formula is C22H21N3O4. The first kappa shape index (κ1) is 19.9. The van der Waals surface area contributed by atoms with E-state index in [1.807, 2.05) is 24.3 Å². The van der Waals surface area contributed by atoms with E-state index in [0.717, 1.165) is 11.3 Å². The Labute approximate surface area is 168 Å². The van der Waals surface area contributed by atoms with Crippen molar-refractivity contribution < 1.29 is 19.1 Å². The molecule has 0 aliphatic rings. The highest BCUT2D eigenvalue weighted by molar-refractivity contribution is 6.04. The van der Waals surface area contributed by atoms with E-state index >= 15 is 0 Å². The Morgan fingerprint density at radius 1 is 0.897 bits per heavy atom. The fourth-order valence-corrected chi connectivity index (χ4v) is 2.62. The standard InChI is InChI=1S/C22H21N3O4/c1-28-18-8-6-15(7-9-18)14-24-21(26)16-10-11-23-20(12-16)22(27)25-17-4-3-5-19(13-17)29-2/h3-13H,14H2,1-2H3,(H,24,26)(H,25,27). The van der Waals surface area contributed by atoms with Gasteiger partial charge in [-0.2, -0.15) is 0 Å². The predicted molar refractivity (Wildman–Crippen MR) is 109 cm³/mol. The van der Waals surface area contributed by atoms with Crippen molar-refractivity contribution in [1.29, 1.82) is 0 Å². The molecule has 3 aromatic rings. The Morgan fingerprint density at radius 3 is 2.38 bits per heavy atom. The summed E-state index contributed by atoms with van der Waals surface area (Å²) in [7, 11) is 3.15. The molecule has 0 bridgehead atoms. The molecule has 7 nitrogen and oxygen atoms in total. The van der Waals surface area contributed by atoms with Gasteiger partial charge in [-0.25, -0.2) is 0 Å². The van der Waals surface area contributed by atoms with Crippen molar-refractivity contribution in [3.05, 3.63) is 83.7 Å². The molecule has 0 saturated carbocycles.